The van der Waals surface area contributed by atoms with Crippen molar-refractivity contribution in [3.63, 3.8) is 0 Å². The van der Waals surface area contributed by atoms with E-state index in [2.05, 4.69) is 10.6 Å². The lowest BCUT2D eigenvalue weighted by Gasteiger charge is -2.13. The van der Waals surface area contributed by atoms with Crippen molar-refractivity contribution >= 4 is 34.9 Å². The highest BCUT2D eigenvalue weighted by molar-refractivity contribution is 7.80. The summed E-state index contributed by atoms with van der Waals surface area (Å²) in [7, 11) is 0. The van der Waals surface area contributed by atoms with Crippen molar-refractivity contribution < 1.29 is 19.1 Å². The zero-order chi connectivity index (χ0) is 19.4. The topological polar surface area (TPSA) is 91.6 Å². The van der Waals surface area contributed by atoms with Gasteiger partial charge in [-0.1, -0.05) is 24.3 Å². The lowest BCUT2D eigenvalue weighted by molar-refractivity contribution is 0.0663. The SMILES string of the molecule is Cc1ccc(-c2ccc(C(=O)O)o2)c(NC(=S)NC(=O)c2ccccc2)c1. The quantitative estimate of drug-likeness (QED) is 0.591. The number of carboxylic acids is 1. The Morgan fingerprint density at radius 3 is 2.44 bits per heavy atom. The molecule has 6 nitrogen and oxygen atoms in total. The van der Waals surface area contributed by atoms with E-state index in [1.165, 1.54) is 6.07 Å². The maximum Gasteiger partial charge on any atom is 0.371 e. The number of hydrogen-bond donors (Lipinski definition) is 3. The molecule has 3 rings (SSSR count). The number of thiocarbonyl (C=S) groups is 1. The molecule has 0 fully saturated rings. The first-order valence-corrected chi connectivity index (χ1v) is 8.46. The average molecular weight is 380 g/mol. The summed E-state index contributed by atoms with van der Waals surface area (Å²) in [4.78, 5) is 23.3. The summed E-state index contributed by atoms with van der Waals surface area (Å²) in [5, 5.41) is 14.8. The Kier molecular flexibility index (Phi) is 5.33. The highest BCUT2D eigenvalue weighted by Crippen LogP contribution is 2.30. The van der Waals surface area contributed by atoms with Crippen molar-refractivity contribution in [3.05, 3.63) is 77.6 Å². The first-order chi connectivity index (χ1) is 12.9. The number of aryl methyl sites for hydroxylation is 1. The van der Waals surface area contributed by atoms with Gasteiger partial charge in [0, 0.05) is 11.1 Å². The molecule has 7 heteroatoms. The third-order valence-corrected chi connectivity index (χ3v) is 3.97. The molecule has 0 saturated heterocycles. The van der Waals surface area contributed by atoms with Gasteiger partial charge < -0.3 is 14.8 Å². The van der Waals surface area contributed by atoms with Crippen LogP contribution in [-0.2, 0) is 0 Å². The minimum Gasteiger partial charge on any atom is -0.475 e. The second kappa shape index (κ2) is 7.84. The molecule has 27 heavy (non-hydrogen) atoms. The van der Waals surface area contributed by atoms with E-state index in [-0.39, 0.29) is 16.8 Å². The Hall–Kier alpha value is -3.45. The maximum absolute atomic E-state index is 12.2. The minimum absolute atomic E-state index is 0.126. The number of rotatable bonds is 4. The van der Waals surface area contributed by atoms with E-state index in [4.69, 9.17) is 21.7 Å². The summed E-state index contributed by atoms with van der Waals surface area (Å²) < 4.78 is 5.37. The van der Waals surface area contributed by atoms with Crippen molar-refractivity contribution in [3.8, 4) is 11.3 Å². The van der Waals surface area contributed by atoms with Gasteiger partial charge in [0.05, 0.1) is 5.69 Å². The van der Waals surface area contributed by atoms with E-state index < -0.39 is 5.97 Å². The normalized spacial score (nSPS) is 10.3. The molecule has 0 unspecified atom stereocenters. The van der Waals surface area contributed by atoms with Crippen molar-refractivity contribution in [1.29, 1.82) is 0 Å². The number of hydrogen-bond acceptors (Lipinski definition) is 4. The monoisotopic (exact) mass is 380 g/mol. The molecule has 0 atom stereocenters. The lowest BCUT2D eigenvalue weighted by atomic mass is 10.1. The number of aromatic carboxylic acids is 1. The largest absolute Gasteiger partial charge is 0.475 e. The van der Waals surface area contributed by atoms with Gasteiger partial charge in [0.25, 0.3) is 5.91 Å². The predicted octanol–water partition coefficient (Wildman–Crippen LogP) is 4.08. The number of carbonyl (C=O) groups is 2. The summed E-state index contributed by atoms with van der Waals surface area (Å²) in [6.45, 7) is 1.91. The van der Waals surface area contributed by atoms with E-state index in [0.29, 0.717) is 22.6 Å². The number of benzene rings is 2. The fourth-order valence-corrected chi connectivity index (χ4v) is 2.69. The maximum atomic E-state index is 12.2. The molecule has 0 aliphatic rings. The van der Waals surface area contributed by atoms with Crippen LogP contribution in [0.1, 0.15) is 26.5 Å². The van der Waals surface area contributed by atoms with Gasteiger partial charge in [-0.3, -0.25) is 10.1 Å². The van der Waals surface area contributed by atoms with Gasteiger partial charge in [0.15, 0.2) is 5.11 Å². The Labute approximate surface area is 160 Å². The van der Waals surface area contributed by atoms with Crippen LogP contribution in [0.3, 0.4) is 0 Å². The number of anilines is 1. The average Bonchev–Trinajstić information content (AvgIpc) is 3.12. The first-order valence-electron chi connectivity index (χ1n) is 8.05. The highest BCUT2D eigenvalue weighted by Gasteiger charge is 2.15. The van der Waals surface area contributed by atoms with Crippen LogP contribution in [0.5, 0.6) is 0 Å². The summed E-state index contributed by atoms with van der Waals surface area (Å²) in [5.41, 5.74) is 2.68. The fraction of sp³-hybridized carbons (Fsp3) is 0.0500. The van der Waals surface area contributed by atoms with E-state index in [9.17, 15) is 9.59 Å². The highest BCUT2D eigenvalue weighted by atomic mass is 32.1. The third kappa shape index (κ3) is 4.39. The molecular formula is C20H16N2O4S. The van der Waals surface area contributed by atoms with Gasteiger partial charge >= 0.3 is 5.97 Å². The smallest absolute Gasteiger partial charge is 0.371 e. The van der Waals surface area contributed by atoms with Crippen LogP contribution >= 0.6 is 12.2 Å². The van der Waals surface area contributed by atoms with Crippen molar-refractivity contribution in [1.82, 2.24) is 5.32 Å². The third-order valence-electron chi connectivity index (χ3n) is 3.77. The fourth-order valence-electron chi connectivity index (χ4n) is 2.49. The Balaban J connectivity index is 1.81. The van der Waals surface area contributed by atoms with Crippen LogP contribution in [0.15, 0.2) is 65.1 Å². The summed E-state index contributed by atoms with van der Waals surface area (Å²) in [5.74, 6) is -1.24. The van der Waals surface area contributed by atoms with Crippen molar-refractivity contribution in [2.24, 2.45) is 0 Å². The van der Waals surface area contributed by atoms with Gasteiger partial charge in [0.1, 0.15) is 5.76 Å². The molecule has 0 bridgehead atoms. The standard InChI is InChI=1S/C20H16N2O4S/c1-12-7-8-14(16-9-10-17(26-16)19(24)25)15(11-12)21-20(27)22-18(23)13-5-3-2-4-6-13/h2-11H,1H3,(H,24,25)(H2,21,22,23,27). The van der Waals surface area contributed by atoms with E-state index in [1.54, 1.807) is 36.4 Å². The number of carboxylic acid groups (broad SMARTS) is 1. The zero-order valence-electron chi connectivity index (χ0n) is 14.4. The summed E-state index contributed by atoms with van der Waals surface area (Å²) in [6, 6.07) is 17.2. The molecule has 0 saturated carbocycles. The molecule has 0 spiro atoms. The minimum atomic E-state index is -1.14. The number of furan rings is 1. The lowest BCUT2D eigenvalue weighted by Crippen LogP contribution is -2.34. The molecule has 3 aromatic rings. The van der Waals surface area contributed by atoms with Gasteiger partial charge in [-0.2, -0.15) is 0 Å². The van der Waals surface area contributed by atoms with Gasteiger partial charge in [0.2, 0.25) is 5.76 Å². The van der Waals surface area contributed by atoms with Crippen molar-refractivity contribution in [2.45, 2.75) is 6.92 Å². The Morgan fingerprint density at radius 2 is 1.78 bits per heavy atom. The molecule has 1 heterocycles. The molecule has 136 valence electrons. The van der Waals surface area contributed by atoms with Crippen LogP contribution < -0.4 is 10.6 Å². The van der Waals surface area contributed by atoms with E-state index in [1.807, 2.05) is 25.1 Å². The summed E-state index contributed by atoms with van der Waals surface area (Å²) in [6.07, 6.45) is 0. The van der Waals surface area contributed by atoms with Gasteiger partial charge in [-0.15, -0.1) is 0 Å². The predicted molar refractivity (Wildman–Crippen MR) is 106 cm³/mol. The van der Waals surface area contributed by atoms with Crippen LogP contribution in [0.4, 0.5) is 5.69 Å². The van der Waals surface area contributed by atoms with Crippen LogP contribution in [0.2, 0.25) is 0 Å². The Morgan fingerprint density at radius 1 is 1.04 bits per heavy atom. The Bertz CT molecular complexity index is 1010. The van der Waals surface area contributed by atoms with Crippen molar-refractivity contribution in [2.75, 3.05) is 5.32 Å². The molecule has 3 N–H and O–H groups in total. The zero-order valence-corrected chi connectivity index (χ0v) is 15.2. The second-order valence-corrected chi connectivity index (χ2v) is 6.20. The van der Waals surface area contributed by atoms with Crippen LogP contribution in [-0.4, -0.2) is 22.1 Å². The molecular weight excluding hydrogens is 364 g/mol. The van der Waals surface area contributed by atoms with E-state index >= 15 is 0 Å². The number of carbonyl (C=O) groups excluding carboxylic acids is 1. The van der Waals surface area contributed by atoms with Crippen LogP contribution in [0, 0.1) is 6.92 Å². The second-order valence-electron chi connectivity index (χ2n) is 5.79. The first kappa shape index (κ1) is 18.3. The molecule has 2 aromatic carbocycles. The number of amides is 1. The molecule has 0 aliphatic heterocycles. The van der Waals surface area contributed by atoms with Crippen LogP contribution in [0.25, 0.3) is 11.3 Å². The molecule has 1 aromatic heterocycles. The van der Waals surface area contributed by atoms with E-state index in [0.717, 1.165) is 5.56 Å². The molecule has 0 radical (unpaired) electrons. The number of nitrogens with one attached hydrogen (secondary N) is 2. The van der Waals surface area contributed by atoms with Gasteiger partial charge in [-0.25, -0.2) is 4.79 Å². The van der Waals surface area contributed by atoms with Gasteiger partial charge in [-0.05, 0) is 61.1 Å². The molecule has 0 aliphatic carbocycles. The molecule has 1 amide bonds. The summed E-state index contributed by atoms with van der Waals surface area (Å²) >= 11 is 5.24.